The molecule has 2 nitrogen and oxygen atoms in total. The second kappa shape index (κ2) is 7.17. The molecule has 4 heteroatoms. The molecule has 0 saturated carbocycles. The van der Waals surface area contributed by atoms with E-state index < -0.39 is 0 Å². The van der Waals surface area contributed by atoms with Crippen molar-refractivity contribution in [2.75, 3.05) is 0 Å². The molecule has 0 fully saturated rings. The van der Waals surface area contributed by atoms with E-state index in [9.17, 15) is 0 Å². The summed E-state index contributed by atoms with van der Waals surface area (Å²) in [5.74, 6) is 1.46. The first-order valence-corrected chi connectivity index (χ1v) is 7.75. The molecule has 1 atom stereocenters. The Bertz CT molecular complexity index is 626. The van der Waals surface area contributed by atoms with Crippen molar-refractivity contribution in [3.05, 3.63) is 57.6 Å². The molecule has 0 bridgehead atoms. The van der Waals surface area contributed by atoms with Gasteiger partial charge in [0, 0.05) is 16.1 Å². The molecular formula is C17H19Cl2NO. The minimum atomic E-state index is 0.0812. The molecule has 0 aliphatic rings. The Balaban J connectivity index is 2.18. The molecule has 2 aromatic rings. The lowest BCUT2D eigenvalue weighted by molar-refractivity contribution is 0.482. The molecule has 112 valence electrons. The maximum atomic E-state index is 6.27. The molecule has 2 N–H and O–H groups in total. The van der Waals surface area contributed by atoms with E-state index in [1.165, 1.54) is 0 Å². The van der Waals surface area contributed by atoms with Crippen LogP contribution < -0.4 is 10.5 Å². The quantitative estimate of drug-likeness (QED) is 0.816. The first kappa shape index (κ1) is 16.2. The van der Waals surface area contributed by atoms with Crippen molar-refractivity contribution in [3.63, 3.8) is 0 Å². The maximum Gasteiger partial charge on any atom is 0.128 e. The van der Waals surface area contributed by atoms with E-state index in [0.717, 1.165) is 34.7 Å². The lowest BCUT2D eigenvalue weighted by Crippen LogP contribution is -2.17. The predicted molar refractivity (Wildman–Crippen MR) is 89.7 cm³/mol. The van der Waals surface area contributed by atoms with Gasteiger partial charge in [0.25, 0.3) is 0 Å². The van der Waals surface area contributed by atoms with Crippen LogP contribution in [0.25, 0.3) is 0 Å². The highest BCUT2D eigenvalue weighted by atomic mass is 35.5. The van der Waals surface area contributed by atoms with Gasteiger partial charge in [-0.3, -0.25) is 0 Å². The van der Waals surface area contributed by atoms with Crippen LogP contribution in [0, 0.1) is 0 Å². The van der Waals surface area contributed by atoms with Crippen LogP contribution in [-0.4, -0.2) is 6.04 Å². The highest BCUT2D eigenvalue weighted by Gasteiger charge is 2.07. The van der Waals surface area contributed by atoms with E-state index >= 15 is 0 Å². The Kier molecular flexibility index (Phi) is 5.51. The summed E-state index contributed by atoms with van der Waals surface area (Å²) in [7, 11) is 0. The molecule has 0 heterocycles. The largest absolute Gasteiger partial charge is 0.457 e. The Morgan fingerprint density at radius 1 is 1.00 bits per heavy atom. The molecule has 2 aromatic carbocycles. The number of nitrogens with two attached hydrogens (primary N) is 1. The van der Waals surface area contributed by atoms with Gasteiger partial charge in [-0.05, 0) is 61.2 Å². The normalized spacial score (nSPS) is 12.2. The minimum absolute atomic E-state index is 0.0812. The summed E-state index contributed by atoms with van der Waals surface area (Å²) in [6.45, 7) is 4.02. The third kappa shape index (κ3) is 4.37. The van der Waals surface area contributed by atoms with Crippen LogP contribution in [0.2, 0.25) is 10.0 Å². The van der Waals surface area contributed by atoms with Gasteiger partial charge in [-0.15, -0.1) is 0 Å². The summed E-state index contributed by atoms with van der Waals surface area (Å²) in [4.78, 5) is 0. The second-order valence-electron chi connectivity index (χ2n) is 5.14. The highest BCUT2D eigenvalue weighted by Crippen LogP contribution is 2.29. The molecule has 0 aromatic heterocycles. The number of benzene rings is 2. The number of hydrogen-bond donors (Lipinski definition) is 1. The molecule has 0 spiro atoms. The average molecular weight is 324 g/mol. The Morgan fingerprint density at radius 3 is 2.29 bits per heavy atom. The van der Waals surface area contributed by atoms with Gasteiger partial charge in [0.2, 0.25) is 0 Å². The Morgan fingerprint density at radius 2 is 1.67 bits per heavy atom. The highest BCUT2D eigenvalue weighted by molar-refractivity contribution is 6.31. The number of rotatable bonds is 5. The van der Waals surface area contributed by atoms with Crippen LogP contribution in [0.4, 0.5) is 0 Å². The van der Waals surface area contributed by atoms with Crippen LogP contribution >= 0.6 is 23.2 Å². The Hall–Kier alpha value is -1.22. The zero-order valence-electron chi connectivity index (χ0n) is 12.2. The predicted octanol–water partition coefficient (Wildman–Crippen LogP) is 5.24. The van der Waals surface area contributed by atoms with Gasteiger partial charge in [-0.25, -0.2) is 0 Å². The number of aryl methyl sites for hydroxylation is 1. The van der Waals surface area contributed by atoms with Gasteiger partial charge in [-0.1, -0.05) is 36.2 Å². The molecule has 0 aliphatic carbocycles. The summed E-state index contributed by atoms with van der Waals surface area (Å²) >= 11 is 12.4. The standard InChI is InChI=1S/C17H19Cl2NO/c1-3-12-9-14(6-7-16(12)18)21-15-5-4-13(8-11(2)20)17(19)10-15/h4-7,9-11H,3,8,20H2,1-2H3. The van der Waals surface area contributed by atoms with E-state index in [1.807, 2.05) is 43.3 Å². The smallest absolute Gasteiger partial charge is 0.128 e. The van der Waals surface area contributed by atoms with Crippen LogP contribution in [0.15, 0.2) is 36.4 Å². The van der Waals surface area contributed by atoms with Gasteiger partial charge in [0.15, 0.2) is 0 Å². The maximum absolute atomic E-state index is 6.27. The van der Waals surface area contributed by atoms with Gasteiger partial charge in [0.05, 0.1) is 0 Å². The summed E-state index contributed by atoms with van der Waals surface area (Å²) in [5, 5.41) is 1.43. The van der Waals surface area contributed by atoms with Crippen molar-refractivity contribution in [2.45, 2.75) is 32.7 Å². The molecule has 0 radical (unpaired) electrons. The topological polar surface area (TPSA) is 35.2 Å². The van der Waals surface area contributed by atoms with Gasteiger partial charge < -0.3 is 10.5 Å². The molecule has 0 aliphatic heterocycles. The van der Waals surface area contributed by atoms with Crippen molar-refractivity contribution < 1.29 is 4.74 Å². The number of ether oxygens (including phenoxy) is 1. The third-order valence-corrected chi connectivity index (χ3v) is 3.92. The van der Waals surface area contributed by atoms with Crippen molar-refractivity contribution >= 4 is 23.2 Å². The number of hydrogen-bond acceptors (Lipinski definition) is 2. The van der Waals surface area contributed by atoms with Crippen LogP contribution in [-0.2, 0) is 12.8 Å². The van der Waals surface area contributed by atoms with Crippen LogP contribution in [0.1, 0.15) is 25.0 Å². The van der Waals surface area contributed by atoms with Gasteiger partial charge in [0.1, 0.15) is 11.5 Å². The fraction of sp³-hybridized carbons (Fsp3) is 0.294. The van der Waals surface area contributed by atoms with Gasteiger partial charge in [-0.2, -0.15) is 0 Å². The van der Waals surface area contributed by atoms with Crippen LogP contribution in [0.5, 0.6) is 11.5 Å². The molecule has 0 amide bonds. The van der Waals surface area contributed by atoms with Crippen molar-refractivity contribution in [1.29, 1.82) is 0 Å². The van der Waals surface area contributed by atoms with Crippen molar-refractivity contribution in [1.82, 2.24) is 0 Å². The molecular weight excluding hydrogens is 305 g/mol. The molecule has 2 rings (SSSR count). The first-order valence-electron chi connectivity index (χ1n) is 7.00. The summed E-state index contributed by atoms with van der Waals surface area (Å²) in [6.07, 6.45) is 1.62. The Labute approximate surface area is 135 Å². The zero-order valence-corrected chi connectivity index (χ0v) is 13.7. The third-order valence-electron chi connectivity index (χ3n) is 3.20. The fourth-order valence-corrected chi connectivity index (χ4v) is 2.62. The van der Waals surface area contributed by atoms with E-state index in [2.05, 4.69) is 6.92 Å². The lowest BCUT2D eigenvalue weighted by Gasteiger charge is -2.11. The van der Waals surface area contributed by atoms with Gasteiger partial charge >= 0.3 is 0 Å². The SMILES string of the molecule is CCc1cc(Oc2ccc(CC(C)N)c(Cl)c2)ccc1Cl. The second-order valence-corrected chi connectivity index (χ2v) is 5.96. The summed E-state index contributed by atoms with van der Waals surface area (Å²) in [5.41, 5.74) is 7.89. The summed E-state index contributed by atoms with van der Waals surface area (Å²) in [6, 6.07) is 11.4. The van der Waals surface area contributed by atoms with Crippen molar-refractivity contribution in [3.8, 4) is 11.5 Å². The number of halogens is 2. The zero-order chi connectivity index (χ0) is 15.4. The van der Waals surface area contributed by atoms with E-state index in [-0.39, 0.29) is 6.04 Å². The average Bonchev–Trinajstić information content (AvgIpc) is 2.43. The molecule has 21 heavy (non-hydrogen) atoms. The monoisotopic (exact) mass is 323 g/mol. The molecule has 1 unspecified atom stereocenters. The lowest BCUT2D eigenvalue weighted by atomic mass is 10.1. The van der Waals surface area contributed by atoms with E-state index in [0.29, 0.717) is 10.8 Å². The molecule has 0 saturated heterocycles. The van der Waals surface area contributed by atoms with Crippen LogP contribution in [0.3, 0.4) is 0 Å². The summed E-state index contributed by atoms with van der Waals surface area (Å²) < 4.78 is 5.84. The van der Waals surface area contributed by atoms with Crippen molar-refractivity contribution in [2.24, 2.45) is 5.73 Å². The minimum Gasteiger partial charge on any atom is -0.457 e. The van der Waals surface area contributed by atoms with E-state index in [4.69, 9.17) is 33.7 Å². The fourth-order valence-electron chi connectivity index (χ4n) is 2.13. The first-order chi connectivity index (χ1) is 9.99. The van der Waals surface area contributed by atoms with E-state index in [1.54, 1.807) is 0 Å².